The fraction of sp³-hybridized carbons (Fsp3) is 0.158. The third-order valence-corrected chi connectivity index (χ3v) is 4.31. The van der Waals surface area contributed by atoms with Gasteiger partial charge in [-0.15, -0.1) is 0 Å². The molecular formula is C19H16Cl2N2O2. The molecule has 1 heterocycles. The quantitative estimate of drug-likeness (QED) is 0.664. The number of benzene rings is 2. The van der Waals surface area contributed by atoms with Gasteiger partial charge in [0.2, 0.25) is 0 Å². The maximum Gasteiger partial charge on any atom is 0.252 e. The predicted octanol–water partition coefficient (Wildman–Crippen LogP) is 4.58. The van der Waals surface area contributed by atoms with Crippen molar-refractivity contribution in [3.05, 3.63) is 64.1 Å². The van der Waals surface area contributed by atoms with Crippen molar-refractivity contribution >= 4 is 40.0 Å². The van der Waals surface area contributed by atoms with Gasteiger partial charge < -0.3 is 10.1 Å². The number of fused-ring (bicyclic) bond motifs is 1. The van der Waals surface area contributed by atoms with Crippen molar-refractivity contribution in [3.63, 3.8) is 0 Å². The summed E-state index contributed by atoms with van der Waals surface area (Å²) in [5, 5.41) is 4.67. The van der Waals surface area contributed by atoms with E-state index in [1.165, 1.54) is 0 Å². The third-order valence-electron chi connectivity index (χ3n) is 3.76. The molecule has 0 aliphatic rings. The van der Waals surface area contributed by atoms with Crippen LogP contribution in [-0.4, -0.2) is 31.2 Å². The molecule has 25 heavy (non-hydrogen) atoms. The van der Waals surface area contributed by atoms with Crippen LogP contribution in [0.4, 0.5) is 0 Å². The fourth-order valence-corrected chi connectivity index (χ4v) is 3.07. The van der Waals surface area contributed by atoms with E-state index >= 15 is 0 Å². The number of hydrogen-bond acceptors (Lipinski definition) is 3. The molecule has 0 fully saturated rings. The highest BCUT2D eigenvalue weighted by atomic mass is 35.5. The van der Waals surface area contributed by atoms with E-state index in [0.717, 1.165) is 16.5 Å². The first-order chi connectivity index (χ1) is 12.1. The number of amides is 1. The van der Waals surface area contributed by atoms with E-state index in [2.05, 4.69) is 10.3 Å². The molecule has 6 heteroatoms. The lowest BCUT2D eigenvalue weighted by Crippen LogP contribution is -2.27. The van der Waals surface area contributed by atoms with E-state index in [1.54, 1.807) is 31.4 Å². The lowest BCUT2D eigenvalue weighted by atomic mass is 10.0. The number of para-hydroxylation sites is 1. The SMILES string of the molecule is COCCNC(=O)c1cc(-c2ccc(Cl)cc2Cl)nc2ccccc12. The highest BCUT2D eigenvalue weighted by molar-refractivity contribution is 6.36. The molecule has 1 aromatic heterocycles. The van der Waals surface area contributed by atoms with Crippen LogP contribution in [-0.2, 0) is 4.74 Å². The van der Waals surface area contributed by atoms with Crippen molar-refractivity contribution in [2.24, 2.45) is 0 Å². The van der Waals surface area contributed by atoms with E-state index in [-0.39, 0.29) is 5.91 Å². The number of carbonyl (C=O) groups is 1. The van der Waals surface area contributed by atoms with Gasteiger partial charge in [0, 0.05) is 29.6 Å². The molecular weight excluding hydrogens is 359 g/mol. The molecule has 2 aromatic carbocycles. The maximum atomic E-state index is 12.6. The van der Waals surface area contributed by atoms with Gasteiger partial charge in [-0.25, -0.2) is 4.98 Å². The highest BCUT2D eigenvalue weighted by Gasteiger charge is 2.15. The molecule has 128 valence electrons. The number of rotatable bonds is 5. The molecule has 0 saturated carbocycles. The van der Waals surface area contributed by atoms with Crippen molar-refractivity contribution in [3.8, 4) is 11.3 Å². The first kappa shape index (κ1) is 17.7. The Morgan fingerprint density at radius 1 is 1.16 bits per heavy atom. The number of nitrogens with zero attached hydrogens (tertiary/aromatic N) is 1. The number of halogens is 2. The Hall–Kier alpha value is -2.14. The van der Waals surface area contributed by atoms with Crippen LogP contribution in [0.5, 0.6) is 0 Å². The lowest BCUT2D eigenvalue weighted by molar-refractivity contribution is 0.0938. The Balaban J connectivity index is 2.10. The van der Waals surface area contributed by atoms with Crippen LogP contribution < -0.4 is 5.32 Å². The van der Waals surface area contributed by atoms with Gasteiger partial charge >= 0.3 is 0 Å². The van der Waals surface area contributed by atoms with E-state index < -0.39 is 0 Å². The molecule has 0 spiro atoms. The zero-order chi connectivity index (χ0) is 17.8. The topological polar surface area (TPSA) is 51.2 Å². The Morgan fingerprint density at radius 3 is 2.72 bits per heavy atom. The Kier molecular flexibility index (Phi) is 5.53. The first-order valence-electron chi connectivity index (χ1n) is 7.72. The summed E-state index contributed by atoms with van der Waals surface area (Å²) in [4.78, 5) is 17.3. The third kappa shape index (κ3) is 3.93. The van der Waals surface area contributed by atoms with Crippen LogP contribution in [0.1, 0.15) is 10.4 Å². The van der Waals surface area contributed by atoms with Crippen molar-refractivity contribution in [1.29, 1.82) is 0 Å². The second kappa shape index (κ2) is 7.83. The second-order valence-electron chi connectivity index (χ2n) is 5.45. The Labute approximate surface area is 155 Å². The monoisotopic (exact) mass is 374 g/mol. The Morgan fingerprint density at radius 2 is 1.96 bits per heavy atom. The van der Waals surface area contributed by atoms with Crippen LogP contribution in [0, 0.1) is 0 Å². The molecule has 1 N–H and O–H groups in total. The summed E-state index contributed by atoms with van der Waals surface area (Å²) in [6.07, 6.45) is 0. The van der Waals surface area contributed by atoms with Gasteiger partial charge in [0.1, 0.15) is 0 Å². The Bertz CT molecular complexity index is 928. The van der Waals surface area contributed by atoms with E-state index in [4.69, 9.17) is 27.9 Å². The zero-order valence-electron chi connectivity index (χ0n) is 13.6. The van der Waals surface area contributed by atoms with Gasteiger partial charge in [0.25, 0.3) is 5.91 Å². The van der Waals surface area contributed by atoms with Crippen LogP contribution in [0.2, 0.25) is 10.0 Å². The zero-order valence-corrected chi connectivity index (χ0v) is 15.1. The molecule has 3 aromatic rings. The number of aromatic nitrogens is 1. The van der Waals surface area contributed by atoms with E-state index in [0.29, 0.717) is 34.5 Å². The average Bonchev–Trinajstić information content (AvgIpc) is 2.61. The fourth-order valence-electron chi connectivity index (χ4n) is 2.56. The molecule has 0 bridgehead atoms. The average molecular weight is 375 g/mol. The van der Waals surface area contributed by atoms with Crippen LogP contribution in [0.25, 0.3) is 22.2 Å². The second-order valence-corrected chi connectivity index (χ2v) is 6.29. The minimum Gasteiger partial charge on any atom is -0.383 e. The molecule has 0 unspecified atom stereocenters. The summed E-state index contributed by atoms with van der Waals surface area (Å²) in [5.74, 6) is -0.179. The number of carbonyl (C=O) groups excluding carboxylic acids is 1. The molecule has 0 aliphatic heterocycles. The minimum absolute atomic E-state index is 0.179. The van der Waals surface area contributed by atoms with Gasteiger partial charge in [0.15, 0.2) is 0 Å². The molecule has 3 rings (SSSR count). The summed E-state index contributed by atoms with van der Waals surface area (Å²) >= 11 is 12.3. The first-order valence-corrected chi connectivity index (χ1v) is 8.48. The highest BCUT2D eigenvalue weighted by Crippen LogP contribution is 2.31. The lowest BCUT2D eigenvalue weighted by Gasteiger charge is -2.11. The maximum absolute atomic E-state index is 12.6. The smallest absolute Gasteiger partial charge is 0.252 e. The van der Waals surface area contributed by atoms with Gasteiger partial charge in [0.05, 0.1) is 28.4 Å². The standard InChI is InChI=1S/C19H16Cl2N2O2/c1-25-9-8-22-19(24)15-11-18(14-7-6-12(20)10-16(14)21)23-17-5-3-2-4-13(15)17/h2-7,10-11H,8-9H2,1H3,(H,22,24). The summed E-state index contributed by atoms with van der Waals surface area (Å²) in [6, 6.07) is 14.5. The molecule has 4 nitrogen and oxygen atoms in total. The normalized spacial score (nSPS) is 10.8. The van der Waals surface area contributed by atoms with Gasteiger partial charge in [-0.05, 0) is 30.3 Å². The van der Waals surface area contributed by atoms with E-state index in [9.17, 15) is 4.79 Å². The summed E-state index contributed by atoms with van der Waals surface area (Å²) in [7, 11) is 1.59. The number of methoxy groups -OCH3 is 1. The van der Waals surface area contributed by atoms with Gasteiger partial charge in [-0.2, -0.15) is 0 Å². The molecule has 1 amide bonds. The van der Waals surface area contributed by atoms with Gasteiger partial charge in [-0.1, -0.05) is 41.4 Å². The number of hydrogen-bond donors (Lipinski definition) is 1. The van der Waals surface area contributed by atoms with Crippen LogP contribution in [0.15, 0.2) is 48.5 Å². The van der Waals surface area contributed by atoms with Crippen molar-refractivity contribution < 1.29 is 9.53 Å². The predicted molar refractivity (Wildman–Crippen MR) is 101 cm³/mol. The van der Waals surface area contributed by atoms with Crippen molar-refractivity contribution in [2.45, 2.75) is 0 Å². The number of pyridine rings is 1. The molecule has 0 aliphatic carbocycles. The number of nitrogens with one attached hydrogen (secondary N) is 1. The van der Waals surface area contributed by atoms with Gasteiger partial charge in [-0.3, -0.25) is 4.79 Å². The van der Waals surface area contributed by atoms with Crippen molar-refractivity contribution in [1.82, 2.24) is 10.3 Å². The summed E-state index contributed by atoms with van der Waals surface area (Å²) in [5.41, 5.74) is 2.62. The molecule has 0 radical (unpaired) electrons. The van der Waals surface area contributed by atoms with Crippen LogP contribution >= 0.6 is 23.2 Å². The molecule has 0 atom stereocenters. The van der Waals surface area contributed by atoms with Crippen molar-refractivity contribution in [2.75, 3.05) is 20.3 Å². The number of ether oxygens (including phenoxy) is 1. The largest absolute Gasteiger partial charge is 0.383 e. The minimum atomic E-state index is -0.179. The van der Waals surface area contributed by atoms with E-state index in [1.807, 2.05) is 24.3 Å². The molecule has 0 saturated heterocycles. The van der Waals surface area contributed by atoms with Crippen LogP contribution in [0.3, 0.4) is 0 Å². The summed E-state index contributed by atoms with van der Waals surface area (Å²) < 4.78 is 4.98. The summed E-state index contributed by atoms with van der Waals surface area (Å²) in [6.45, 7) is 0.883.